The maximum atomic E-state index is 11.7. The highest BCUT2D eigenvalue weighted by Gasteiger charge is 2.31. The molecule has 0 aromatic rings. The molecule has 0 aliphatic heterocycles. The van der Waals surface area contributed by atoms with Crippen LogP contribution in [0.3, 0.4) is 0 Å². The molecule has 0 aromatic heterocycles. The van der Waals surface area contributed by atoms with Crippen molar-refractivity contribution >= 4 is 5.97 Å². The van der Waals surface area contributed by atoms with Gasteiger partial charge in [-0.2, -0.15) is 0 Å². The van der Waals surface area contributed by atoms with E-state index in [0.29, 0.717) is 6.61 Å². The van der Waals surface area contributed by atoms with Crippen LogP contribution in [0, 0.1) is 0 Å². The lowest BCUT2D eigenvalue weighted by Gasteiger charge is -2.26. The second-order valence-electron chi connectivity index (χ2n) is 3.96. The van der Waals surface area contributed by atoms with Gasteiger partial charge in [-0.3, -0.25) is 4.79 Å². The van der Waals surface area contributed by atoms with Crippen LogP contribution < -0.4 is 5.32 Å². The first-order valence-electron chi connectivity index (χ1n) is 6.04. The Labute approximate surface area is 98.7 Å². The Balaban J connectivity index is 3.92. The van der Waals surface area contributed by atoms with Gasteiger partial charge in [-0.25, -0.2) is 0 Å². The van der Waals surface area contributed by atoms with Crippen molar-refractivity contribution in [2.24, 2.45) is 0 Å². The Hall–Kier alpha value is -0.610. The third-order valence-electron chi connectivity index (χ3n) is 2.70. The fourth-order valence-electron chi connectivity index (χ4n) is 1.45. The lowest BCUT2D eigenvalue weighted by atomic mass is 9.95. The predicted octanol–water partition coefficient (Wildman–Crippen LogP) is 1.73. The normalized spacial score (nSPS) is 14.5. The molecule has 0 saturated carbocycles. The van der Waals surface area contributed by atoms with Crippen molar-refractivity contribution < 1.29 is 14.3 Å². The molecule has 0 fully saturated rings. The largest absolute Gasteiger partial charge is 0.465 e. The molecule has 0 bridgehead atoms. The standard InChI is InChI=1S/C12H25NO3/c1-5-15-10-8-7-9-12(3,13-4)11(14)16-6-2/h13H,5-10H2,1-4H3. The maximum Gasteiger partial charge on any atom is 0.326 e. The Bertz CT molecular complexity index is 197. The van der Waals surface area contributed by atoms with Crippen LogP contribution in [0.5, 0.6) is 0 Å². The van der Waals surface area contributed by atoms with E-state index in [2.05, 4.69) is 5.32 Å². The van der Waals surface area contributed by atoms with E-state index < -0.39 is 5.54 Å². The van der Waals surface area contributed by atoms with Crippen LogP contribution in [-0.4, -0.2) is 38.4 Å². The fourth-order valence-corrected chi connectivity index (χ4v) is 1.45. The summed E-state index contributed by atoms with van der Waals surface area (Å²) < 4.78 is 10.3. The van der Waals surface area contributed by atoms with E-state index in [1.54, 1.807) is 7.05 Å². The minimum Gasteiger partial charge on any atom is -0.465 e. The summed E-state index contributed by atoms with van der Waals surface area (Å²) in [5.41, 5.74) is -0.567. The molecule has 0 rings (SSSR count). The molecule has 0 radical (unpaired) electrons. The zero-order chi connectivity index (χ0) is 12.4. The second kappa shape index (κ2) is 8.53. The molecule has 0 amide bonds. The van der Waals surface area contributed by atoms with E-state index >= 15 is 0 Å². The monoisotopic (exact) mass is 231 g/mol. The fraction of sp³-hybridized carbons (Fsp3) is 0.917. The summed E-state index contributed by atoms with van der Waals surface area (Å²) in [5.74, 6) is -0.172. The second-order valence-corrected chi connectivity index (χ2v) is 3.96. The van der Waals surface area contributed by atoms with Crippen molar-refractivity contribution in [1.82, 2.24) is 5.32 Å². The number of carbonyl (C=O) groups is 1. The van der Waals surface area contributed by atoms with Crippen LogP contribution in [-0.2, 0) is 14.3 Å². The minimum absolute atomic E-state index is 0.172. The van der Waals surface area contributed by atoms with E-state index in [1.165, 1.54) is 0 Å². The molecule has 0 saturated heterocycles. The summed E-state index contributed by atoms with van der Waals surface area (Å²) in [7, 11) is 1.79. The van der Waals surface area contributed by atoms with Gasteiger partial charge in [0, 0.05) is 13.2 Å². The minimum atomic E-state index is -0.567. The average Bonchev–Trinajstić information content (AvgIpc) is 2.28. The predicted molar refractivity (Wildman–Crippen MR) is 64.4 cm³/mol. The molecule has 1 unspecified atom stereocenters. The number of esters is 1. The van der Waals surface area contributed by atoms with Crippen molar-refractivity contribution in [3.63, 3.8) is 0 Å². The molecule has 0 aliphatic rings. The third-order valence-corrected chi connectivity index (χ3v) is 2.70. The summed E-state index contributed by atoms with van der Waals surface area (Å²) in [6.45, 7) is 7.63. The number of nitrogens with one attached hydrogen (secondary N) is 1. The lowest BCUT2D eigenvalue weighted by Crippen LogP contribution is -2.48. The Morgan fingerprint density at radius 1 is 1.25 bits per heavy atom. The molecular weight excluding hydrogens is 206 g/mol. The smallest absolute Gasteiger partial charge is 0.326 e. The first-order valence-corrected chi connectivity index (χ1v) is 6.04. The highest BCUT2D eigenvalue weighted by molar-refractivity contribution is 5.80. The highest BCUT2D eigenvalue weighted by Crippen LogP contribution is 2.15. The lowest BCUT2D eigenvalue weighted by molar-refractivity contribution is -0.150. The van der Waals surface area contributed by atoms with Gasteiger partial charge in [-0.05, 0) is 47.1 Å². The number of likely N-dealkylation sites (N-methyl/N-ethyl adjacent to an activating group) is 1. The number of ether oxygens (including phenoxy) is 2. The van der Waals surface area contributed by atoms with Crippen LogP contribution in [0.15, 0.2) is 0 Å². The molecule has 4 heteroatoms. The van der Waals surface area contributed by atoms with Gasteiger partial charge < -0.3 is 14.8 Å². The van der Waals surface area contributed by atoms with E-state index in [4.69, 9.17) is 9.47 Å². The third kappa shape index (κ3) is 5.47. The van der Waals surface area contributed by atoms with Crippen LogP contribution in [0.4, 0.5) is 0 Å². The summed E-state index contributed by atoms with van der Waals surface area (Å²) in [6, 6.07) is 0. The summed E-state index contributed by atoms with van der Waals surface area (Å²) >= 11 is 0. The Kier molecular flexibility index (Phi) is 8.21. The van der Waals surface area contributed by atoms with Gasteiger partial charge in [0.05, 0.1) is 6.61 Å². The number of unbranched alkanes of at least 4 members (excludes halogenated alkanes) is 1. The molecule has 16 heavy (non-hydrogen) atoms. The molecular formula is C12H25NO3. The van der Waals surface area contributed by atoms with Gasteiger partial charge in [-0.15, -0.1) is 0 Å². The van der Waals surface area contributed by atoms with Gasteiger partial charge in [-0.1, -0.05) is 0 Å². The first-order chi connectivity index (χ1) is 7.60. The van der Waals surface area contributed by atoms with Crippen molar-refractivity contribution in [1.29, 1.82) is 0 Å². The first kappa shape index (κ1) is 15.4. The molecule has 0 aromatic carbocycles. The van der Waals surface area contributed by atoms with Crippen LogP contribution in [0.2, 0.25) is 0 Å². The maximum absolute atomic E-state index is 11.7. The van der Waals surface area contributed by atoms with E-state index in [-0.39, 0.29) is 5.97 Å². The van der Waals surface area contributed by atoms with Crippen LogP contribution in [0.1, 0.15) is 40.0 Å². The zero-order valence-electron chi connectivity index (χ0n) is 11.0. The van der Waals surface area contributed by atoms with Crippen molar-refractivity contribution in [2.45, 2.75) is 45.6 Å². The number of carbonyl (C=O) groups excluding carboxylic acids is 1. The summed E-state index contributed by atoms with van der Waals surface area (Å²) in [5, 5.41) is 3.04. The number of hydrogen-bond acceptors (Lipinski definition) is 4. The quantitative estimate of drug-likeness (QED) is 0.485. The average molecular weight is 231 g/mol. The van der Waals surface area contributed by atoms with Gasteiger partial charge in [0.15, 0.2) is 0 Å². The number of hydrogen-bond donors (Lipinski definition) is 1. The molecule has 0 aliphatic carbocycles. The van der Waals surface area contributed by atoms with E-state index in [9.17, 15) is 4.79 Å². The summed E-state index contributed by atoms with van der Waals surface area (Å²) in [6.07, 6.45) is 2.70. The molecule has 4 nitrogen and oxygen atoms in total. The molecule has 1 atom stereocenters. The van der Waals surface area contributed by atoms with Gasteiger partial charge in [0.25, 0.3) is 0 Å². The SMILES string of the molecule is CCOCCCCC(C)(NC)C(=O)OCC. The van der Waals surface area contributed by atoms with E-state index in [0.717, 1.165) is 32.5 Å². The Morgan fingerprint density at radius 3 is 2.44 bits per heavy atom. The number of rotatable bonds is 9. The molecule has 0 heterocycles. The highest BCUT2D eigenvalue weighted by atomic mass is 16.5. The zero-order valence-corrected chi connectivity index (χ0v) is 11.0. The molecule has 1 N–H and O–H groups in total. The van der Waals surface area contributed by atoms with Crippen molar-refractivity contribution in [3.8, 4) is 0 Å². The van der Waals surface area contributed by atoms with Crippen LogP contribution in [0.25, 0.3) is 0 Å². The van der Waals surface area contributed by atoms with E-state index in [1.807, 2.05) is 20.8 Å². The molecule has 96 valence electrons. The Morgan fingerprint density at radius 2 is 1.94 bits per heavy atom. The van der Waals surface area contributed by atoms with Crippen molar-refractivity contribution in [3.05, 3.63) is 0 Å². The molecule has 0 spiro atoms. The van der Waals surface area contributed by atoms with Gasteiger partial charge in [0.2, 0.25) is 0 Å². The topological polar surface area (TPSA) is 47.6 Å². The van der Waals surface area contributed by atoms with Gasteiger partial charge >= 0.3 is 5.97 Å². The summed E-state index contributed by atoms with van der Waals surface area (Å²) in [4.78, 5) is 11.7. The van der Waals surface area contributed by atoms with Crippen LogP contribution >= 0.6 is 0 Å². The van der Waals surface area contributed by atoms with Gasteiger partial charge in [0.1, 0.15) is 5.54 Å². The van der Waals surface area contributed by atoms with Crippen molar-refractivity contribution in [2.75, 3.05) is 26.9 Å².